The standard InChI is InChI=1S/C42H50N6O8S2/c49-37-34-21-27(55-38-36(30-22-29(30)35-17-10-20-57-35)43-31-14-8-9-15-32(31)44-38)24-48(34)39(50)33(45-41(52)56-26-12-6-7-13-26)16-5-3-1-2-4-11-25-23-42(25,46-37)40(51)47-58(53,54)28-18-19-28/h4,8-11,14-15,17,20,25-30,33-34H,1-3,5-7,12-13,16,18-19,21-24H2,(H,45,52)(H,46,49)(H,47,51)/b11-4-/t25?,27-,29?,30?,33+,34+,42-/m1/s1. The first kappa shape index (κ1) is 38.9. The number of carbonyl (C=O) groups is 4. The zero-order valence-corrected chi connectivity index (χ0v) is 34.0. The van der Waals surface area contributed by atoms with Crippen LogP contribution < -0.4 is 20.1 Å². The van der Waals surface area contributed by atoms with Crippen molar-refractivity contribution in [3.63, 3.8) is 0 Å². The molecule has 4 saturated carbocycles. The van der Waals surface area contributed by atoms with Crippen LogP contribution in [0.25, 0.3) is 11.0 Å². The van der Waals surface area contributed by atoms with Gasteiger partial charge in [0.25, 0.3) is 5.91 Å². The number of rotatable bonds is 9. The predicted octanol–water partition coefficient (Wildman–Crippen LogP) is 5.35. The second-order valence-electron chi connectivity index (χ2n) is 16.9. The van der Waals surface area contributed by atoms with Gasteiger partial charge in [-0.3, -0.25) is 19.1 Å². The lowest BCUT2D eigenvalue weighted by molar-refractivity contribution is -0.141. The molecule has 2 aliphatic heterocycles. The fourth-order valence-corrected chi connectivity index (χ4v) is 11.2. The van der Waals surface area contributed by atoms with Crippen LogP contribution in [-0.4, -0.2) is 88.7 Å². The van der Waals surface area contributed by atoms with E-state index in [2.05, 4.69) is 26.8 Å². The second kappa shape index (κ2) is 15.9. The van der Waals surface area contributed by atoms with Crippen molar-refractivity contribution < 1.29 is 37.1 Å². The van der Waals surface area contributed by atoms with Gasteiger partial charge in [0.15, 0.2) is 0 Å². The molecule has 1 saturated heterocycles. The van der Waals surface area contributed by atoms with Crippen molar-refractivity contribution in [3.05, 3.63) is 64.5 Å². The third kappa shape index (κ3) is 8.18. The van der Waals surface area contributed by atoms with E-state index in [0.29, 0.717) is 43.5 Å². The molecule has 16 heteroatoms. The van der Waals surface area contributed by atoms with Gasteiger partial charge in [-0.25, -0.2) is 23.2 Å². The Bertz CT molecular complexity index is 2210. The smallest absolute Gasteiger partial charge is 0.408 e. The molecule has 58 heavy (non-hydrogen) atoms. The molecule has 2 aromatic heterocycles. The lowest BCUT2D eigenvalue weighted by Gasteiger charge is -2.30. The van der Waals surface area contributed by atoms with Gasteiger partial charge in [-0.1, -0.05) is 43.2 Å². The van der Waals surface area contributed by atoms with Crippen molar-refractivity contribution >= 4 is 56.2 Å². The number of aromatic nitrogens is 2. The monoisotopic (exact) mass is 830 g/mol. The van der Waals surface area contributed by atoms with Crippen molar-refractivity contribution in [1.29, 1.82) is 0 Å². The molecule has 0 radical (unpaired) electrons. The molecule has 6 aliphatic rings. The molecule has 14 nitrogen and oxygen atoms in total. The van der Waals surface area contributed by atoms with Crippen molar-refractivity contribution in [1.82, 2.24) is 30.2 Å². The summed E-state index contributed by atoms with van der Waals surface area (Å²) in [4.78, 5) is 69.0. The maximum absolute atomic E-state index is 14.7. The number of nitrogens with one attached hydrogen (secondary N) is 3. The van der Waals surface area contributed by atoms with E-state index < -0.39 is 68.7 Å². The highest BCUT2D eigenvalue weighted by Gasteiger charge is 2.62. The van der Waals surface area contributed by atoms with Crippen molar-refractivity contribution in [3.8, 4) is 5.88 Å². The molecule has 0 bridgehead atoms. The van der Waals surface area contributed by atoms with Crippen LogP contribution >= 0.6 is 11.3 Å². The summed E-state index contributed by atoms with van der Waals surface area (Å²) in [6.45, 7) is 0.0122. The number of hydrogen-bond donors (Lipinski definition) is 3. The average molecular weight is 831 g/mol. The lowest BCUT2D eigenvalue weighted by Crippen LogP contribution is -2.58. The Labute approximate surface area is 342 Å². The van der Waals surface area contributed by atoms with E-state index in [1.165, 1.54) is 9.78 Å². The van der Waals surface area contributed by atoms with Crippen LogP contribution in [-0.2, 0) is 29.1 Å². The number of carbonyl (C=O) groups excluding carboxylic acids is 4. The highest BCUT2D eigenvalue weighted by molar-refractivity contribution is 7.91. The molecule has 5 fully saturated rings. The minimum atomic E-state index is -3.89. The fraction of sp³-hybridized carbons (Fsp3) is 0.571. The van der Waals surface area contributed by atoms with Crippen molar-refractivity contribution in [2.24, 2.45) is 5.92 Å². The van der Waals surface area contributed by atoms with E-state index in [9.17, 15) is 27.6 Å². The number of amides is 4. The Hall–Kier alpha value is -4.57. The molecule has 0 spiro atoms. The van der Waals surface area contributed by atoms with Gasteiger partial charge >= 0.3 is 6.09 Å². The summed E-state index contributed by atoms with van der Waals surface area (Å²) in [5, 5.41) is 7.21. The predicted molar refractivity (Wildman–Crippen MR) is 215 cm³/mol. The Kier molecular flexibility index (Phi) is 10.7. The fourth-order valence-electron chi connectivity index (χ4n) is 8.98. The van der Waals surface area contributed by atoms with Gasteiger partial charge in [-0.05, 0) is 94.2 Å². The van der Waals surface area contributed by atoms with Crippen LogP contribution in [0.4, 0.5) is 4.79 Å². The molecule has 4 amide bonds. The minimum absolute atomic E-state index is 0.0122. The van der Waals surface area contributed by atoms with Gasteiger partial charge in [0, 0.05) is 29.1 Å². The number of sulfonamides is 1. The van der Waals surface area contributed by atoms with E-state index in [0.717, 1.165) is 56.2 Å². The average Bonchev–Trinajstić information content (AvgIpc) is 4.16. The van der Waals surface area contributed by atoms with E-state index in [1.54, 1.807) is 11.3 Å². The summed E-state index contributed by atoms with van der Waals surface area (Å²) in [6, 6.07) is 9.69. The van der Waals surface area contributed by atoms with E-state index in [-0.39, 0.29) is 37.3 Å². The summed E-state index contributed by atoms with van der Waals surface area (Å²) in [5.41, 5.74) is 0.634. The summed E-state index contributed by atoms with van der Waals surface area (Å²) in [6.07, 6.45) is 11.3. The number of alkyl carbamates (subject to hydrolysis) is 1. The zero-order valence-electron chi connectivity index (χ0n) is 32.3. The number of para-hydroxylation sites is 2. The quantitative estimate of drug-likeness (QED) is 0.238. The first-order valence-electron chi connectivity index (χ1n) is 20.9. The molecule has 3 N–H and O–H groups in total. The van der Waals surface area contributed by atoms with Crippen LogP contribution in [0.5, 0.6) is 5.88 Å². The van der Waals surface area contributed by atoms with Gasteiger partial charge in [-0.15, -0.1) is 11.3 Å². The highest BCUT2D eigenvalue weighted by atomic mass is 32.2. The number of allylic oxidation sites excluding steroid dienone is 1. The van der Waals surface area contributed by atoms with Gasteiger partial charge in [0.05, 0.1) is 22.8 Å². The Morgan fingerprint density at radius 3 is 2.43 bits per heavy atom. The molecule has 3 aromatic rings. The number of ether oxygens (including phenoxy) is 2. The molecule has 3 unspecified atom stereocenters. The Morgan fingerprint density at radius 2 is 1.67 bits per heavy atom. The Balaban J connectivity index is 1.02. The summed E-state index contributed by atoms with van der Waals surface area (Å²) < 4.78 is 40.5. The molecule has 7 atom stereocenters. The van der Waals surface area contributed by atoms with Crippen molar-refractivity contribution in [2.75, 3.05) is 6.54 Å². The van der Waals surface area contributed by atoms with Gasteiger partial charge < -0.3 is 25.0 Å². The summed E-state index contributed by atoms with van der Waals surface area (Å²) in [7, 11) is -3.89. The highest BCUT2D eigenvalue weighted by Crippen LogP contribution is 2.57. The Morgan fingerprint density at radius 1 is 0.897 bits per heavy atom. The van der Waals surface area contributed by atoms with Gasteiger partial charge in [0.2, 0.25) is 27.7 Å². The molecule has 9 rings (SSSR count). The van der Waals surface area contributed by atoms with Crippen molar-refractivity contribution in [2.45, 2.75) is 137 Å². The molecule has 1 aromatic carbocycles. The first-order valence-corrected chi connectivity index (χ1v) is 23.3. The number of thiophene rings is 1. The molecular formula is C42H50N6O8S2. The maximum Gasteiger partial charge on any atom is 0.408 e. The van der Waals surface area contributed by atoms with E-state index in [4.69, 9.17) is 19.4 Å². The normalized spacial score (nSPS) is 30.9. The molecular weight excluding hydrogens is 781 g/mol. The minimum Gasteiger partial charge on any atom is -0.471 e. The van der Waals surface area contributed by atoms with Gasteiger partial charge in [0.1, 0.15) is 35.5 Å². The van der Waals surface area contributed by atoms with Crippen LogP contribution in [0.3, 0.4) is 0 Å². The van der Waals surface area contributed by atoms with E-state index >= 15 is 0 Å². The van der Waals surface area contributed by atoms with Crippen LogP contribution in [0.1, 0.15) is 112 Å². The maximum atomic E-state index is 14.7. The van der Waals surface area contributed by atoms with E-state index in [1.807, 2.05) is 42.5 Å². The molecule has 4 heterocycles. The molecule has 4 aliphatic carbocycles. The number of hydrogen-bond acceptors (Lipinski definition) is 11. The topological polar surface area (TPSA) is 186 Å². The lowest BCUT2D eigenvalue weighted by atomic mass is 10.0. The SMILES string of the molecule is O=C(N[C@H]1CCCCC/C=C\C2C[C@@]2(C(=O)NS(=O)(=O)C2CC2)NC(=O)[C@@H]2C[C@@H](Oc3nc4ccccc4nc3C3CC3c3cccs3)CN2C1=O)OC1CCCC1. The third-order valence-corrected chi connectivity index (χ3v) is 15.4. The van der Waals surface area contributed by atoms with Crippen LogP contribution in [0.15, 0.2) is 53.9 Å². The number of nitrogens with zero attached hydrogens (tertiary/aromatic N) is 3. The second-order valence-corrected chi connectivity index (χ2v) is 19.8. The number of benzene rings is 1. The zero-order chi connectivity index (χ0) is 40.0. The summed E-state index contributed by atoms with van der Waals surface area (Å²) in [5.74, 6) is -1.51. The van der Waals surface area contributed by atoms with Crippen LogP contribution in [0, 0.1) is 5.92 Å². The largest absolute Gasteiger partial charge is 0.471 e. The van der Waals surface area contributed by atoms with Gasteiger partial charge in [-0.2, -0.15) is 0 Å². The van der Waals surface area contributed by atoms with Crippen LogP contribution in [0.2, 0.25) is 0 Å². The third-order valence-electron chi connectivity index (χ3n) is 12.6. The number of fused-ring (bicyclic) bond motifs is 3. The summed E-state index contributed by atoms with van der Waals surface area (Å²) >= 11 is 1.71. The first-order chi connectivity index (χ1) is 28.1. The molecule has 308 valence electrons.